The number of rotatable bonds is 0. The van der Waals surface area contributed by atoms with Gasteiger partial charge in [-0.15, -0.1) is 0 Å². The molecule has 1 aliphatic carbocycles. The van der Waals surface area contributed by atoms with Crippen molar-refractivity contribution in [3.8, 4) is 11.1 Å². The molecule has 1 heteroatoms. The van der Waals surface area contributed by atoms with Crippen molar-refractivity contribution in [1.82, 2.24) is 0 Å². The Kier molecular flexibility index (Phi) is 2.93. The topological polar surface area (TPSA) is 0 Å². The second kappa shape index (κ2) is 4.06. The van der Waals surface area contributed by atoms with Crippen LogP contribution in [0.2, 0.25) is 0 Å². The number of fused-ring (bicyclic) bond motifs is 3. The van der Waals surface area contributed by atoms with Crippen LogP contribution >= 0.6 is 0 Å². The van der Waals surface area contributed by atoms with Crippen LogP contribution in [0.4, 0.5) is 0 Å². The Labute approximate surface area is 109 Å². The van der Waals surface area contributed by atoms with Crippen molar-refractivity contribution in [2.45, 2.75) is 6.92 Å². The van der Waals surface area contributed by atoms with E-state index in [9.17, 15) is 0 Å². The van der Waals surface area contributed by atoms with Gasteiger partial charge in [-0.25, -0.2) is 0 Å². The normalized spacial score (nSPS) is 11.5. The Morgan fingerprint density at radius 3 is 2.40 bits per heavy atom. The van der Waals surface area contributed by atoms with E-state index in [1.165, 1.54) is 27.8 Å². The zero-order chi connectivity index (χ0) is 9.54. The molecule has 0 heterocycles. The third-order valence-electron chi connectivity index (χ3n) is 2.85. The first-order valence-electron chi connectivity index (χ1n) is 4.90. The minimum absolute atomic E-state index is 0. The van der Waals surface area contributed by atoms with E-state index in [0.717, 1.165) is 0 Å². The Balaban J connectivity index is 0.000000853. The van der Waals surface area contributed by atoms with Gasteiger partial charge in [0.15, 0.2) is 0 Å². The minimum atomic E-state index is 0. The Hall–Kier alpha value is -0.677. The van der Waals surface area contributed by atoms with Crippen molar-refractivity contribution in [3.05, 3.63) is 65.6 Å². The van der Waals surface area contributed by atoms with Gasteiger partial charge in [-0.1, -0.05) is 42.5 Å². The van der Waals surface area contributed by atoms with Gasteiger partial charge in [0.05, 0.1) is 0 Å². The second-order valence-corrected chi connectivity index (χ2v) is 3.77. The van der Waals surface area contributed by atoms with Gasteiger partial charge in [-0.2, -0.15) is 0 Å². The third kappa shape index (κ3) is 1.63. The number of benzene rings is 2. The summed E-state index contributed by atoms with van der Waals surface area (Å²) in [5.74, 6) is 0. The van der Waals surface area contributed by atoms with E-state index < -0.39 is 0 Å². The fourth-order valence-corrected chi connectivity index (χ4v) is 2.20. The van der Waals surface area contributed by atoms with Crippen molar-refractivity contribution in [1.29, 1.82) is 0 Å². The van der Waals surface area contributed by atoms with Crippen LogP contribution in [0.3, 0.4) is 0 Å². The molecular formula is C14H11Zr. The quantitative estimate of drug-likeness (QED) is 0.586. The summed E-state index contributed by atoms with van der Waals surface area (Å²) in [5, 5.41) is 0. The van der Waals surface area contributed by atoms with Crippen LogP contribution in [0.1, 0.15) is 16.7 Å². The van der Waals surface area contributed by atoms with Crippen LogP contribution in [0.5, 0.6) is 0 Å². The summed E-state index contributed by atoms with van der Waals surface area (Å²) in [6.07, 6.45) is 2.26. The van der Waals surface area contributed by atoms with Gasteiger partial charge in [0.2, 0.25) is 0 Å². The van der Waals surface area contributed by atoms with Gasteiger partial charge in [0.25, 0.3) is 0 Å². The molecule has 71 valence electrons. The first kappa shape index (κ1) is 10.8. The molecule has 2 aromatic rings. The third-order valence-corrected chi connectivity index (χ3v) is 2.85. The number of aryl methyl sites for hydroxylation is 1. The molecule has 0 bridgehead atoms. The summed E-state index contributed by atoms with van der Waals surface area (Å²) in [7, 11) is 0. The van der Waals surface area contributed by atoms with Gasteiger partial charge in [-0.05, 0) is 34.7 Å². The van der Waals surface area contributed by atoms with E-state index in [-0.39, 0.29) is 26.2 Å². The largest absolute Gasteiger partial charge is 0.0619 e. The zero-order valence-electron chi connectivity index (χ0n) is 8.62. The summed E-state index contributed by atoms with van der Waals surface area (Å²) in [6, 6.07) is 15.1. The SMILES string of the molecule is Cc1cccc2c1-c1ccccc1[CH]2.[Zr]. The van der Waals surface area contributed by atoms with Gasteiger partial charge < -0.3 is 0 Å². The zero-order valence-corrected chi connectivity index (χ0v) is 11.1. The molecule has 0 spiro atoms. The first-order chi connectivity index (χ1) is 6.86. The fourth-order valence-electron chi connectivity index (χ4n) is 2.20. The fraction of sp³-hybridized carbons (Fsp3) is 0.0714. The van der Waals surface area contributed by atoms with Gasteiger partial charge in [0.1, 0.15) is 0 Å². The first-order valence-corrected chi connectivity index (χ1v) is 4.90. The molecule has 0 aromatic heterocycles. The second-order valence-electron chi connectivity index (χ2n) is 3.77. The van der Waals surface area contributed by atoms with Gasteiger partial charge in [0, 0.05) is 32.6 Å². The molecule has 2 aromatic carbocycles. The summed E-state index contributed by atoms with van der Waals surface area (Å²) in [6.45, 7) is 2.18. The molecule has 0 saturated heterocycles. The molecule has 3 rings (SSSR count). The van der Waals surface area contributed by atoms with E-state index in [4.69, 9.17) is 0 Å². The van der Waals surface area contributed by atoms with Crippen LogP contribution in [0.25, 0.3) is 11.1 Å². The molecule has 0 fully saturated rings. The Morgan fingerprint density at radius 2 is 1.53 bits per heavy atom. The van der Waals surface area contributed by atoms with Crippen molar-refractivity contribution >= 4 is 0 Å². The smallest absolute Gasteiger partial charge is 0.0212 e. The van der Waals surface area contributed by atoms with Crippen molar-refractivity contribution < 1.29 is 26.2 Å². The predicted octanol–water partition coefficient (Wildman–Crippen LogP) is 3.57. The Morgan fingerprint density at radius 1 is 0.800 bits per heavy atom. The van der Waals surface area contributed by atoms with E-state index in [0.29, 0.717) is 0 Å². The van der Waals surface area contributed by atoms with Gasteiger partial charge in [-0.3, -0.25) is 0 Å². The average molecular weight is 270 g/mol. The van der Waals surface area contributed by atoms with Crippen molar-refractivity contribution in [3.63, 3.8) is 0 Å². The molecule has 0 atom stereocenters. The summed E-state index contributed by atoms with van der Waals surface area (Å²) in [5.41, 5.74) is 6.84. The van der Waals surface area contributed by atoms with E-state index in [1.807, 2.05) is 0 Å². The minimum Gasteiger partial charge on any atom is -0.0619 e. The summed E-state index contributed by atoms with van der Waals surface area (Å²) in [4.78, 5) is 0. The number of hydrogen-bond donors (Lipinski definition) is 0. The van der Waals surface area contributed by atoms with E-state index in [1.54, 1.807) is 0 Å². The molecule has 0 unspecified atom stereocenters. The van der Waals surface area contributed by atoms with Gasteiger partial charge >= 0.3 is 0 Å². The van der Waals surface area contributed by atoms with Crippen LogP contribution < -0.4 is 0 Å². The number of hydrogen-bond acceptors (Lipinski definition) is 0. The van der Waals surface area contributed by atoms with Crippen LogP contribution in [-0.2, 0) is 26.2 Å². The predicted molar refractivity (Wildman–Crippen MR) is 59.1 cm³/mol. The van der Waals surface area contributed by atoms with Crippen molar-refractivity contribution in [2.75, 3.05) is 0 Å². The molecule has 1 radical (unpaired) electrons. The maximum Gasteiger partial charge on any atom is 0.0212 e. The van der Waals surface area contributed by atoms with Crippen LogP contribution in [0, 0.1) is 13.3 Å². The maximum absolute atomic E-state index is 2.26. The summed E-state index contributed by atoms with van der Waals surface area (Å²) >= 11 is 0. The molecular weight excluding hydrogens is 259 g/mol. The standard InChI is InChI=1S/C14H11.Zr/c1-10-5-4-7-12-9-11-6-2-3-8-13(11)14(10)12;/h2-9H,1H3;. The Bertz CT molecular complexity index is 500. The molecule has 0 aliphatic heterocycles. The average Bonchev–Trinajstić information content (AvgIpc) is 2.57. The molecule has 0 N–H and O–H groups in total. The van der Waals surface area contributed by atoms with Crippen LogP contribution in [-0.4, -0.2) is 0 Å². The molecule has 0 nitrogen and oxygen atoms in total. The van der Waals surface area contributed by atoms with Crippen molar-refractivity contribution in [2.24, 2.45) is 0 Å². The van der Waals surface area contributed by atoms with E-state index in [2.05, 4.69) is 55.8 Å². The molecule has 15 heavy (non-hydrogen) atoms. The molecule has 0 amide bonds. The monoisotopic (exact) mass is 269 g/mol. The van der Waals surface area contributed by atoms with Crippen LogP contribution in [0.15, 0.2) is 42.5 Å². The molecule has 1 aliphatic rings. The maximum atomic E-state index is 2.26. The summed E-state index contributed by atoms with van der Waals surface area (Å²) < 4.78 is 0. The van der Waals surface area contributed by atoms with E-state index >= 15 is 0 Å². The molecule has 0 saturated carbocycles.